The van der Waals surface area contributed by atoms with E-state index in [1.54, 1.807) is 7.11 Å². The number of rotatable bonds is 10. The Morgan fingerprint density at radius 3 is 2.77 bits per heavy atom. The molecule has 1 fully saturated rings. The van der Waals surface area contributed by atoms with Gasteiger partial charge in [-0.3, -0.25) is 4.99 Å². The number of hydrogen-bond donors (Lipinski definition) is 2. The van der Waals surface area contributed by atoms with Crippen LogP contribution in [0.25, 0.3) is 5.57 Å². The first-order valence-corrected chi connectivity index (χ1v) is 10.7. The molecule has 2 aromatic rings. The minimum absolute atomic E-state index is 0.245. The first-order valence-electron chi connectivity index (χ1n) is 10.7. The van der Waals surface area contributed by atoms with Crippen molar-refractivity contribution >= 4 is 5.57 Å². The fourth-order valence-electron chi connectivity index (χ4n) is 4.15. The van der Waals surface area contributed by atoms with Gasteiger partial charge in [-0.25, -0.2) is 0 Å². The summed E-state index contributed by atoms with van der Waals surface area (Å²) >= 11 is 0. The van der Waals surface area contributed by atoms with Gasteiger partial charge in [0, 0.05) is 18.3 Å². The number of aliphatic hydroxyl groups is 1. The van der Waals surface area contributed by atoms with Gasteiger partial charge in [-0.2, -0.15) is 0 Å². The molecule has 30 heavy (non-hydrogen) atoms. The number of ether oxygens (including phenoxy) is 3. The highest BCUT2D eigenvalue weighted by Gasteiger charge is 2.24. The van der Waals surface area contributed by atoms with Crippen LogP contribution in [-0.2, 0) is 0 Å². The first kappa shape index (κ1) is 20.7. The van der Waals surface area contributed by atoms with Crippen molar-refractivity contribution in [3.05, 3.63) is 53.0 Å². The monoisotopic (exact) mass is 410 g/mol. The summed E-state index contributed by atoms with van der Waals surface area (Å²) in [6.45, 7) is 1.79. The lowest BCUT2D eigenvalue weighted by Crippen LogP contribution is -2.35. The molecular weight excluding hydrogens is 380 g/mol. The predicted octanol–water partition coefficient (Wildman–Crippen LogP) is 1.83. The number of benzene rings is 2. The molecule has 1 aliphatic heterocycles. The molecule has 0 saturated heterocycles. The summed E-state index contributed by atoms with van der Waals surface area (Å²) in [5, 5.41) is 15.7. The third kappa shape index (κ3) is 4.77. The summed E-state index contributed by atoms with van der Waals surface area (Å²) in [4.78, 5) is 4.85. The molecule has 0 amide bonds. The molecule has 6 nitrogen and oxygen atoms in total. The second kappa shape index (κ2) is 9.96. The van der Waals surface area contributed by atoms with Crippen LogP contribution in [0.15, 0.2) is 47.5 Å². The molecule has 6 heteroatoms. The van der Waals surface area contributed by atoms with Crippen molar-refractivity contribution in [2.24, 2.45) is 4.99 Å². The summed E-state index contributed by atoms with van der Waals surface area (Å²) in [6, 6.07) is 13.9. The van der Waals surface area contributed by atoms with Gasteiger partial charge in [-0.15, -0.1) is 0 Å². The molecular formula is C24H30N2O4. The highest BCUT2D eigenvalue weighted by atomic mass is 16.5. The quantitative estimate of drug-likeness (QED) is 0.585. The van der Waals surface area contributed by atoms with E-state index in [4.69, 9.17) is 19.2 Å². The SMILES string of the molecule is COc1ccccc1OCCNC[C@H](O)COc1cccc2c1=C1CCCC[C@@H]1N=2. The zero-order chi connectivity index (χ0) is 20.8. The van der Waals surface area contributed by atoms with Gasteiger partial charge in [0.15, 0.2) is 11.5 Å². The second-order valence-corrected chi connectivity index (χ2v) is 7.73. The van der Waals surface area contributed by atoms with Crippen molar-refractivity contribution in [3.8, 4) is 17.2 Å². The number of aliphatic hydroxyl groups excluding tert-OH is 1. The van der Waals surface area contributed by atoms with Crippen LogP contribution in [0.2, 0.25) is 0 Å². The van der Waals surface area contributed by atoms with E-state index in [9.17, 15) is 5.11 Å². The third-order valence-corrected chi connectivity index (χ3v) is 5.61. The molecule has 1 heterocycles. The largest absolute Gasteiger partial charge is 0.493 e. The highest BCUT2D eigenvalue weighted by Crippen LogP contribution is 2.28. The predicted molar refractivity (Wildman–Crippen MR) is 116 cm³/mol. The molecule has 0 radical (unpaired) electrons. The van der Waals surface area contributed by atoms with Crippen LogP contribution >= 0.6 is 0 Å². The summed E-state index contributed by atoms with van der Waals surface area (Å²) < 4.78 is 17.0. The molecule has 160 valence electrons. The van der Waals surface area contributed by atoms with Crippen molar-refractivity contribution in [1.82, 2.24) is 5.32 Å². The van der Waals surface area contributed by atoms with E-state index in [0.717, 1.165) is 29.2 Å². The van der Waals surface area contributed by atoms with Crippen LogP contribution in [0, 0.1) is 0 Å². The first-order chi connectivity index (χ1) is 14.8. The zero-order valence-corrected chi connectivity index (χ0v) is 17.5. The van der Waals surface area contributed by atoms with Gasteiger partial charge in [0.2, 0.25) is 0 Å². The molecule has 0 aromatic heterocycles. The number of hydrogen-bond acceptors (Lipinski definition) is 6. The maximum absolute atomic E-state index is 10.3. The van der Waals surface area contributed by atoms with Crippen molar-refractivity contribution in [2.45, 2.75) is 37.8 Å². The van der Waals surface area contributed by atoms with E-state index < -0.39 is 6.10 Å². The number of fused-ring (bicyclic) bond motifs is 2. The molecule has 1 saturated carbocycles. The van der Waals surface area contributed by atoms with Crippen LogP contribution < -0.4 is 30.1 Å². The topological polar surface area (TPSA) is 72.3 Å². The molecule has 2 aromatic carbocycles. The average Bonchev–Trinajstić information content (AvgIpc) is 3.17. The maximum Gasteiger partial charge on any atom is 0.161 e. The molecule has 1 aliphatic carbocycles. The van der Waals surface area contributed by atoms with Crippen molar-refractivity contribution < 1.29 is 19.3 Å². The van der Waals surface area contributed by atoms with Crippen LogP contribution in [0.4, 0.5) is 0 Å². The molecule has 2 N–H and O–H groups in total. The Labute approximate surface area is 177 Å². The Bertz CT molecular complexity index is 975. The van der Waals surface area contributed by atoms with Crippen LogP contribution in [0.5, 0.6) is 17.2 Å². The Morgan fingerprint density at radius 2 is 1.90 bits per heavy atom. The minimum atomic E-state index is -0.599. The molecule has 0 unspecified atom stereocenters. The van der Waals surface area contributed by atoms with E-state index in [0.29, 0.717) is 37.2 Å². The molecule has 2 aliphatic rings. The summed E-state index contributed by atoms with van der Waals surface area (Å²) in [5.41, 5.74) is 1.41. The molecule has 0 bridgehead atoms. The van der Waals surface area contributed by atoms with Gasteiger partial charge < -0.3 is 24.6 Å². The van der Waals surface area contributed by atoms with E-state index in [2.05, 4.69) is 11.4 Å². The lowest BCUT2D eigenvalue weighted by Gasteiger charge is -2.19. The fraction of sp³-hybridized carbons (Fsp3) is 0.458. The normalized spacial score (nSPS) is 18.2. The molecule has 2 atom stereocenters. The smallest absolute Gasteiger partial charge is 0.161 e. The van der Waals surface area contributed by atoms with Gasteiger partial charge in [0.25, 0.3) is 0 Å². The number of nitrogens with one attached hydrogen (secondary N) is 1. The highest BCUT2D eigenvalue weighted by molar-refractivity contribution is 5.57. The summed E-state index contributed by atoms with van der Waals surface area (Å²) in [5.74, 6) is 2.27. The van der Waals surface area contributed by atoms with Gasteiger partial charge >= 0.3 is 0 Å². The van der Waals surface area contributed by atoms with Crippen molar-refractivity contribution in [1.29, 1.82) is 0 Å². The summed E-state index contributed by atoms with van der Waals surface area (Å²) in [7, 11) is 1.62. The van der Waals surface area contributed by atoms with Crippen molar-refractivity contribution in [2.75, 3.05) is 33.4 Å². The standard InChI is InChI=1S/C24H30N2O4/c1-28-21-10-4-5-11-22(21)29-14-13-25-15-17(27)16-30-23-12-6-9-20-24(23)18-7-2-3-8-19(18)26-20/h4-6,9-12,17,19,25,27H,2-3,7-8,13-16H2,1H3/t17-,19-/m0/s1. The molecule has 4 rings (SSSR count). The maximum atomic E-state index is 10.3. The van der Waals surface area contributed by atoms with Gasteiger partial charge in [0.05, 0.1) is 18.5 Å². The minimum Gasteiger partial charge on any atom is -0.493 e. The van der Waals surface area contributed by atoms with E-state index in [1.807, 2.05) is 36.4 Å². The van der Waals surface area contributed by atoms with Gasteiger partial charge in [0.1, 0.15) is 25.1 Å². The van der Waals surface area contributed by atoms with Crippen molar-refractivity contribution in [3.63, 3.8) is 0 Å². The lowest BCUT2D eigenvalue weighted by atomic mass is 9.90. The second-order valence-electron chi connectivity index (χ2n) is 7.73. The van der Waals surface area contributed by atoms with E-state index >= 15 is 0 Å². The lowest BCUT2D eigenvalue weighted by molar-refractivity contribution is 0.105. The Balaban J connectivity index is 1.24. The van der Waals surface area contributed by atoms with Crippen LogP contribution in [-0.4, -0.2) is 50.7 Å². The van der Waals surface area contributed by atoms with E-state index in [1.165, 1.54) is 18.4 Å². The number of nitrogens with zero attached hydrogens (tertiary/aromatic N) is 1. The number of para-hydroxylation sites is 2. The Morgan fingerprint density at radius 1 is 1.07 bits per heavy atom. The average molecular weight is 411 g/mol. The van der Waals surface area contributed by atoms with Crippen LogP contribution in [0.1, 0.15) is 25.7 Å². The van der Waals surface area contributed by atoms with Gasteiger partial charge in [-0.05, 0) is 49.1 Å². The van der Waals surface area contributed by atoms with Crippen LogP contribution in [0.3, 0.4) is 0 Å². The fourth-order valence-corrected chi connectivity index (χ4v) is 4.15. The zero-order valence-electron chi connectivity index (χ0n) is 17.5. The van der Waals surface area contributed by atoms with Gasteiger partial charge in [-0.1, -0.05) is 24.6 Å². The molecule has 0 spiro atoms. The number of methoxy groups -OCH3 is 1. The van der Waals surface area contributed by atoms with E-state index in [-0.39, 0.29) is 6.61 Å². The third-order valence-electron chi connectivity index (χ3n) is 5.61. The summed E-state index contributed by atoms with van der Waals surface area (Å²) in [6.07, 6.45) is 4.09. The Hall–Kier alpha value is -2.57. The Kier molecular flexibility index (Phi) is 6.87.